The Labute approximate surface area is 158 Å². The average molecular weight is 372 g/mol. The highest BCUT2D eigenvalue weighted by molar-refractivity contribution is 6.13. The molecule has 1 aromatic heterocycles. The monoisotopic (exact) mass is 372 g/mol. The average Bonchev–Trinajstić information content (AvgIpc) is 2.95. The highest BCUT2D eigenvalue weighted by atomic mass is 16.5. The summed E-state index contributed by atoms with van der Waals surface area (Å²) in [6.07, 6.45) is 5.46. The Kier molecular flexibility index (Phi) is 5.04. The van der Waals surface area contributed by atoms with Crippen molar-refractivity contribution in [3.8, 4) is 0 Å². The van der Waals surface area contributed by atoms with E-state index in [1.165, 1.54) is 4.90 Å². The number of nitrogens with zero attached hydrogens (tertiary/aromatic N) is 5. The number of hydrogen-bond acceptors (Lipinski definition) is 7. The van der Waals surface area contributed by atoms with Gasteiger partial charge in [-0.2, -0.15) is 0 Å². The number of amides is 3. The molecule has 4 heterocycles. The van der Waals surface area contributed by atoms with Gasteiger partial charge in [-0.3, -0.25) is 19.9 Å². The second-order valence-corrected chi connectivity index (χ2v) is 7.00. The topological polar surface area (TPSA) is 90.9 Å². The lowest BCUT2D eigenvalue weighted by atomic mass is 10.0. The van der Waals surface area contributed by atoms with Crippen LogP contribution in [0.25, 0.3) is 6.08 Å². The van der Waals surface area contributed by atoms with Crippen LogP contribution < -0.4 is 10.2 Å². The summed E-state index contributed by atoms with van der Waals surface area (Å²) in [6.45, 7) is 5.48. The van der Waals surface area contributed by atoms with Crippen molar-refractivity contribution in [2.45, 2.75) is 18.9 Å². The van der Waals surface area contributed by atoms with Gasteiger partial charge in [0.1, 0.15) is 5.70 Å². The first kappa shape index (κ1) is 17.9. The molecule has 0 bridgehead atoms. The Morgan fingerprint density at radius 3 is 2.59 bits per heavy atom. The van der Waals surface area contributed by atoms with Crippen LogP contribution in [-0.4, -0.2) is 84.2 Å². The molecule has 0 spiro atoms. The van der Waals surface area contributed by atoms with Crippen molar-refractivity contribution < 1.29 is 14.3 Å². The lowest BCUT2D eigenvalue weighted by Crippen LogP contribution is -2.49. The normalized spacial score (nSPS) is 24.0. The predicted octanol–water partition coefficient (Wildman–Crippen LogP) is 0.300. The first-order valence-electron chi connectivity index (χ1n) is 9.32. The summed E-state index contributed by atoms with van der Waals surface area (Å²) in [6, 6.07) is 1.91. The van der Waals surface area contributed by atoms with Crippen molar-refractivity contribution in [3.63, 3.8) is 0 Å². The van der Waals surface area contributed by atoms with E-state index in [2.05, 4.69) is 25.1 Å². The Bertz CT molecular complexity index is 753. The first-order chi connectivity index (χ1) is 13.1. The summed E-state index contributed by atoms with van der Waals surface area (Å²) in [4.78, 5) is 38.4. The van der Waals surface area contributed by atoms with E-state index in [-0.39, 0.29) is 5.70 Å². The summed E-state index contributed by atoms with van der Waals surface area (Å²) in [5.41, 5.74) is 0.901. The van der Waals surface area contributed by atoms with Gasteiger partial charge in [-0.25, -0.2) is 14.8 Å². The van der Waals surface area contributed by atoms with Gasteiger partial charge >= 0.3 is 6.03 Å². The maximum Gasteiger partial charge on any atom is 0.328 e. The van der Waals surface area contributed by atoms with Crippen molar-refractivity contribution in [2.75, 3.05) is 51.3 Å². The lowest BCUT2D eigenvalue weighted by molar-refractivity contribution is -0.115. The quantitative estimate of drug-likeness (QED) is 0.603. The molecule has 0 atom stereocenters. The molecule has 9 heteroatoms. The SMILES string of the molecule is CN1C(=O)NC(=O)/C1=C/c1ccnc(N2CCC(N3CCOCC3)CC2)n1. The molecule has 3 aliphatic rings. The summed E-state index contributed by atoms with van der Waals surface area (Å²) < 4.78 is 5.44. The van der Waals surface area contributed by atoms with E-state index < -0.39 is 11.9 Å². The van der Waals surface area contributed by atoms with Crippen molar-refractivity contribution in [3.05, 3.63) is 23.7 Å². The van der Waals surface area contributed by atoms with Crippen LogP contribution in [0.1, 0.15) is 18.5 Å². The maximum absolute atomic E-state index is 11.9. The Morgan fingerprint density at radius 1 is 1.19 bits per heavy atom. The number of urea groups is 1. The lowest BCUT2D eigenvalue weighted by Gasteiger charge is -2.40. The van der Waals surface area contributed by atoms with E-state index in [0.29, 0.717) is 17.7 Å². The molecule has 0 aliphatic carbocycles. The number of carbonyl (C=O) groups excluding carboxylic acids is 2. The number of nitrogens with one attached hydrogen (secondary N) is 1. The zero-order valence-corrected chi connectivity index (χ0v) is 15.4. The number of piperidine rings is 1. The number of hydrogen-bond donors (Lipinski definition) is 1. The Hall–Kier alpha value is -2.52. The molecule has 1 aromatic rings. The number of aromatic nitrogens is 2. The van der Waals surface area contributed by atoms with Crippen molar-refractivity contribution in [2.24, 2.45) is 0 Å². The molecule has 27 heavy (non-hydrogen) atoms. The van der Waals surface area contributed by atoms with Crippen LogP contribution in [0.3, 0.4) is 0 Å². The van der Waals surface area contributed by atoms with Crippen LogP contribution in [0.2, 0.25) is 0 Å². The number of ether oxygens (including phenoxy) is 1. The maximum atomic E-state index is 11.9. The number of likely N-dealkylation sites (N-methyl/N-ethyl adjacent to an activating group) is 1. The van der Waals surface area contributed by atoms with Crippen LogP contribution in [-0.2, 0) is 9.53 Å². The van der Waals surface area contributed by atoms with Crippen LogP contribution in [0.15, 0.2) is 18.0 Å². The molecule has 0 radical (unpaired) electrons. The Morgan fingerprint density at radius 2 is 1.93 bits per heavy atom. The summed E-state index contributed by atoms with van der Waals surface area (Å²) >= 11 is 0. The van der Waals surface area contributed by atoms with E-state index in [4.69, 9.17) is 4.74 Å². The Balaban J connectivity index is 1.43. The van der Waals surface area contributed by atoms with E-state index in [1.54, 1.807) is 25.4 Å². The van der Waals surface area contributed by atoms with Gasteiger partial charge in [0.2, 0.25) is 5.95 Å². The summed E-state index contributed by atoms with van der Waals surface area (Å²) in [5, 5.41) is 2.26. The minimum atomic E-state index is -0.425. The molecule has 1 N–H and O–H groups in total. The van der Waals surface area contributed by atoms with E-state index in [1.807, 2.05) is 0 Å². The zero-order valence-electron chi connectivity index (χ0n) is 15.4. The van der Waals surface area contributed by atoms with Crippen LogP contribution >= 0.6 is 0 Å². The molecule has 9 nitrogen and oxygen atoms in total. The predicted molar refractivity (Wildman–Crippen MR) is 98.9 cm³/mol. The van der Waals surface area contributed by atoms with Gasteiger partial charge in [0.05, 0.1) is 18.9 Å². The van der Waals surface area contributed by atoms with E-state index >= 15 is 0 Å². The molecular formula is C18H24N6O3. The molecule has 0 aromatic carbocycles. The molecule has 3 aliphatic heterocycles. The van der Waals surface area contributed by atoms with Crippen molar-refractivity contribution in [1.82, 2.24) is 25.1 Å². The smallest absolute Gasteiger partial charge is 0.328 e. The fraction of sp³-hybridized carbons (Fsp3) is 0.556. The largest absolute Gasteiger partial charge is 0.379 e. The van der Waals surface area contributed by atoms with Crippen molar-refractivity contribution >= 4 is 24.0 Å². The molecular weight excluding hydrogens is 348 g/mol. The first-order valence-corrected chi connectivity index (χ1v) is 9.32. The van der Waals surface area contributed by atoms with Gasteiger partial charge in [-0.05, 0) is 25.0 Å². The number of anilines is 1. The molecule has 144 valence electrons. The third kappa shape index (κ3) is 3.79. The third-order valence-corrected chi connectivity index (χ3v) is 5.38. The fourth-order valence-corrected chi connectivity index (χ4v) is 3.78. The molecule has 4 rings (SSSR count). The number of carbonyl (C=O) groups is 2. The van der Waals surface area contributed by atoms with Gasteiger partial charge in [0, 0.05) is 45.5 Å². The summed E-state index contributed by atoms with van der Waals surface area (Å²) in [5.74, 6) is 0.256. The number of rotatable bonds is 3. The fourth-order valence-electron chi connectivity index (χ4n) is 3.78. The number of morpholine rings is 1. The van der Waals surface area contributed by atoms with Crippen LogP contribution in [0, 0.1) is 0 Å². The standard InChI is InChI=1S/C18H24N6O3/c1-22-15(16(25)21-18(22)26)12-13-2-5-19-17(20-13)24-6-3-14(4-7-24)23-8-10-27-11-9-23/h2,5,12,14H,3-4,6-11H2,1H3,(H,21,25,26)/b15-12-. The second kappa shape index (κ2) is 7.61. The van der Waals surface area contributed by atoms with E-state index in [0.717, 1.165) is 52.2 Å². The van der Waals surface area contributed by atoms with Gasteiger partial charge in [0.15, 0.2) is 0 Å². The third-order valence-electron chi connectivity index (χ3n) is 5.38. The molecule has 0 unspecified atom stereocenters. The minimum Gasteiger partial charge on any atom is -0.379 e. The van der Waals surface area contributed by atoms with Crippen molar-refractivity contribution in [1.29, 1.82) is 0 Å². The second-order valence-electron chi connectivity index (χ2n) is 7.00. The van der Waals surface area contributed by atoms with Gasteiger partial charge in [-0.15, -0.1) is 0 Å². The molecule has 3 amide bonds. The van der Waals surface area contributed by atoms with Gasteiger partial charge < -0.3 is 9.64 Å². The number of imide groups is 1. The minimum absolute atomic E-state index is 0.288. The molecule has 3 fully saturated rings. The zero-order chi connectivity index (χ0) is 18.8. The molecule has 3 saturated heterocycles. The highest BCUT2D eigenvalue weighted by Crippen LogP contribution is 2.21. The van der Waals surface area contributed by atoms with E-state index in [9.17, 15) is 9.59 Å². The summed E-state index contributed by atoms with van der Waals surface area (Å²) in [7, 11) is 1.56. The van der Waals surface area contributed by atoms with Crippen LogP contribution in [0.4, 0.5) is 10.7 Å². The highest BCUT2D eigenvalue weighted by Gasteiger charge is 2.30. The van der Waals surface area contributed by atoms with Gasteiger partial charge in [-0.1, -0.05) is 0 Å². The van der Waals surface area contributed by atoms with Crippen LogP contribution in [0.5, 0.6) is 0 Å². The van der Waals surface area contributed by atoms with Gasteiger partial charge in [0.25, 0.3) is 5.91 Å². The molecule has 0 saturated carbocycles.